The van der Waals surface area contributed by atoms with Crippen LogP contribution >= 0.6 is 11.5 Å². The molecule has 0 spiro atoms. The van der Waals surface area contributed by atoms with E-state index in [0.717, 1.165) is 17.1 Å². The van der Waals surface area contributed by atoms with Gasteiger partial charge in [0.2, 0.25) is 0 Å². The zero-order valence-electron chi connectivity index (χ0n) is 9.23. The van der Waals surface area contributed by atoms with Crippen molar-refractivity contribution < 1.29 is 4.79 Å². The van der Waals surface area contributed by atoms with Gasteiger partial charge >= 0.3 is 0 Å². The van der Waals surface area contributed by atoms with E-state index in [1.54, 1.807) is 6.20 Å². The van der Waals surface area contributed by atoms with Crippen LogP contribution in [0.15, 0.2) is 6.20 Å². The Kier molecular flexibility index (Phi) is 3.33. The van der Waals surface area contributed by atoms with Crippen molar-refractivity contribution in [2.45, 2.75) is 19.9 Å². The molecule has 2 aromatic heterocycles. The van der Waals surface area contributed by atoms with Crippen LogP contribution in [-0.2, 0) is 13.0 Å². The monoisotopic (exact) mass is 252 g/mol. The summed E-state index contributed by atoms with van der Waals surface area (Å²) < 4.78 is 3.76. The first-order chi connectivity index (χ1) is 8.22. The van der Waals surface area contributed by atoms with Gasteiger partial charge in [-0.05, 0) is 18.0 Å². The quantitative estimate of drug-likeness (QED) is 0.726. The van der Waals surface area contributed by atoms with Crippen LogP contribution in [0, 0.1) is 0 Å². The van der Waals surface area contributed by atoms with E-state index >= 15 is 0 Å². The molecule has 90 valence electrons. The summed E-state index contributed by atoms with van der Waals surface area (Å²) in [5.41, 5.74) is 7.08. The lowest BCUT2D eigenvalue weighted by Crippen LogP contribution is -2.23. The summed E-state index contributed by atoms with van der Waals surface area (Å²) in [5, 5.41) is 13.0. The number of hydrogen-bond acceptors (Lipinski definition) is 6. The average Bonchev–Trinajstić information content (AvgIpc) is 2.94. The highest BCUT2D eigenvalue weighted by molar-refractivity contribution is 7.08. The van der Waals surface area contributed by atoms with E-state index in [-0.39, 0.29) is 5.91 Å². The summed E-state index contributed by atoms with van der Waals surface area (Å²) in [5.74, 6) is 0.279. The van der Waals surface area contributed by atoms with Gasteiger partial charge in [0.05, 0.1) is 11.9 Å². The summed E-state index contributed by atoms with van der Waals surface area (Å²) >= 11 is 1.10. The molecule has 1 amide bonds. The third-order valence-corrected chi connectivity index (χ3v) is 3.05. The summed E-state index contributed by atoms with van der Waals surface area (Å²) in [6.45, 7) is 2.27. The number of H-pyrrole nitrogens is 1. The van der Waals surface area contributed by atoms with E-state index < -0.39 is 0 Å². The smallest absolute Gasteiger partial charge is 0.265 e. The first kappa shape index (κ1) is 11.5. The minimum absolute atomic E-state index is 0.183. The third kappa shape index (κ3) is 2.41. The molecule has 2 rings (SSSR count). The fourth-order valence-electron chi connectivity index (χ4n) is 1.33. The highest BCUT2D eigenvalue weighted by Crippen LogP contribution is 2.12. The number of rotatable bonds is 4. The van der Waals surface area contributed by atoms with Gasteiger partial charge in [0.1, 0.15) is 10.7 Å². The summed E-state index contributed by atoms with van der Waals surface area (Å²) in [7, 11) is 0. The van der Waals surface area contributed by atoms with Gasteiger partial charge in [0.25, 0.3) is 5.91 Å². The van der Waals surface area contributed by atoms with Gasteiger partial charge < -0.3 is 11.1 Å². The number of nitrogens with two attached hydrogens (primary N) is 1. The molecule has 0 saturated heterocycles. The fourth-order valence-corrected chi connectivity index (χ4v) is 2.00. The predicted octanol–water partition coefficient (Wildman–Crippen LogP) is 0.336. The molecule has 0 aliphatic carbocycles. The highest BCUT2D eigenvalue weighted by Gasteiger charge is 2.15. The maximum atomic E-state index is 11.8. The van der Waals surface area contributed by atoms with Crippen LogP contribution in [0.4, 0.5) is 5.82 Å². The van der Waals surface area contributed by atoms with E-state index in [9.17, 15) is 4.79 Å². The molecule has 0 aliphatic rings. The number of nitrogen functional groups attached to an aromatic ring is 1. The SMILES string of the molecule is CCc1nnsc1C(=O)NCc1cn[nH]c1N. The summed E-state index contributed by atoms with van der Waals surface area (Å²) in [6, 6.07) is 0. The Balaban J connectivity index is 2.01. The largest absolute Gasteiger partial charge is 0.384 e. The van der Waals surface area contributed by atoms with Gasteiger partial charge in [-0.1, -0.05) is 11.4 Å². The fraction of sp³-hybridized carbons (Fsp3) is 0.333. The molecule has 7 nitrogen and oxygen atoms in total. The number of nitrogens with zero attached hydrogens (tertiary/aromatic N) is 3. The number of hydrogen-bond donors (Lipinski definition) is 3. The number of amides is 1. The summed E-state index contributed by atoms with van der Waals surface area (Å²) in [6.07, 6.45) is 2.27. The van der Waals surface area contributed by atoms with Crippen molar-refractivity contribution in [3.05, 3.63) is 22.3 Å². The lowest BCUT2D eigenvalue weighted by atomic mass is 10.2. The number of carbonyl (C=O) groups excluding carboxylic acids is 1. The van der Waals surface area contributed by atoms with Crippen LogP contribution in [-0.4, -0.2) is 25.7 Å². The Bertz CT molecular complexity index is 519. The third-order valence-electron chi connectivity index (χ3n) is 2.29. The Morgan fingerprint density at radius 1 is 1.65 bits per heavy atom. The van der Waals surface area contributed by atoms with Gasteiger partial charge in [0.15, 0.2) is 0 Å². The van der Waals surface area contributed by atoms with Crippen LogP contribution in [0.2, 0.25) is 0 Å². The molecule has 2 aromatic rings. The molecule has 0 aliphatic heterocycles. The molecule has 2 heterocycles. The first-order valence-electron chi connectivity index (χ1n) is 5.09. The molecule has 0 atom stereocenters. The number of carbonyl (C=O) groups is 1. The minimum Gasteiger partial charge on any atom is -0.384 e. The van der Waals surface area contributed by atoms with Crippen LogP contribution in [0.25, 0.3) is 0 Å². The Morgan fingerprint density at radius 3 is 3.12 bits per heavy atom. The van der Waals surface area contributed by atoms with Crippen LogP contribution in [0.5, 0.6) is 0 Å². The van der Waals surface area contributed by atoms with Crippen LogP contribution in [0.3, 0.4) is 0 Å². The average molecular weight is 252 g/mol. The van der Waals surface area contributed by atoms with Gasteiger partial charge in [-0.2, -0.15) is 5.10 Å². The number of aromatic amines is 1. The number of aryl methyl sites for hydroxylation is 1. The van der Waals surface area contributed by atoms with Crippen molar-refractivity contribution in [3.63, 3.8) is 0 Å². The van der Waals surface area contributed by atoms with Gasteiger partial charge in [-0.15, -0.1) is 5.10 Å². The maximum absolute atomic E-state index is 11.8. The van der Waals surface area contributed by atoms with E-state index in [2.05, 4.69) is 25.1 Å². The molecule has 0 aromatic carbocycles. The maximum Gasteiger partial charge on any atom is 0.265 e. The first-order valence-corrected chi connectivity index (χ1v) is 5.86. The topological polar surface area (TPSA) is 110 Å². The lowest BCUT2D eigenvalue weighted by molar-refractivity contribution is 0.0954. The van der Waals surface area contributed by atoms with E-state index in [0.29, 0.717) is 29.4 Å². The number of nitrogens with one attached hydrogen (secondary N) is 2. The van der Waals surface area contributed by atoms with Crippen molar-refractivity contribution in [1.29, 1.82) is 0 Å². The highest BCUT2D eigenvalue weighted by atomic mass is 32.1. The predicted molar refractivity (Wildman–Crippen MR) is 63.5 cm³/mol. The molecule has 8 heteroatoms. The van der Waals surface area contributed by atoms with Crippen LogP contribution < -0.4 is 11.1 Å². The van der Waals surface area contributed by atoms with Crippen molar-refractivity contribution in [2.24, 2.45) is 0 Å². The molecule has 17 heavy (non-hydrogen) atoms. The zero-order chi connectivity index (χ0) is 12.3. The van der Waals surface area contributed by atoms with Crippen molar-refractivity contribution >= 4 is 23.3 Å². The lowest BCUT2D eigenvalue weighted by Gasteiger charge is -2.02. The molecule has 0 saturated carbocycles. The second kappa shape index (κ2) is 4.91. The number of anilines is 1. The molecule has 0 bridgehead atoms. The normalized spacial score (nSPS) is 10.4. The molecule has 4 N–H and O–H groups in total. The van der Waals surface area contributed by atoms with Crippen molar-refractivity contribution in [2.75, 3.05) is 5.73 Å². The second-order valence-corrected chi connectivity index (χ2v) is 4.15. The van der Waals surface area contributed by atoms with Crippen molar-refractivity contribution in [3.8, 4) is 0 Å². The van der Waals surface area contributed by atoms with Gasteiger partial charge in [0, 0.05) is 12.1 Å². The van der Waals surface area contributed by atoms with Gasteiger partial charge in [-0.3, -0.25) is 9.89 Å². The Morgan fingerprint density at radius 2 is 2.47 bits per heavy atom. The number of aromatic nitrogens is 4. The molecule has 0 fully saturated rings. The summed E-state index contributed by atoms with van der Waals surface area (Å²) in [4.78, 5) is 12.4. The van der Waals surface area contributed by atoms with E-state index in [1.165, 1.54) is 0 Å². The molecule has 0 radical (unpaired) electrons. The second-order valence-electron chi connectivity index (χ2n) is 3.39. The molecular weight excluding hydrogens is 240 g/mol. The standard InChI is InChI=1S/C9H12N6OS/c1-2-6-7(17-15-13-6)9(16)11-3-5-4-12-14-8(5)10/h4H,2-3H2,1H3,(H,11,16)(H3,10,12,14). The Labute approximate surface area is 102 Å². The molecular formula is C9H12N6OS. The Hall–Kier alpha value is -1.96. The van der Waals surface area contributed by atoms with Gasteiger partial charge in [-0.25, -0.2) is 0 Å². The van der Waals surface area contributed by atoms with Crippen LogP contribution in [0.1, 0.15) is 27.9 Å². The van der Waals surface area contributed by atoms with E-state index in [4.69, 9.17) is 5.73 Å². The van der Waals surface area contributed by atoms with E-state index in [1.807, 2.05) is 6.92 Å². The minimum atomic E-state index is -0.183. The van der Waals surface area contributed by atoms with Crippen molar-refractivity contribution in [1.82, 2.24) is 25.1 Å². The zero-order valence-corrected chi connectivity index (χ0v) is 10.0. The molecule has 0 unspecified atom stereocenters.